The summed E-state index contributed by atoms with van der Waals surface area (Å²) in [5.74, 6) is 0.794. The summed E-state index contributed by atoms with van der Waals surface area (Å²) in [6.07, 6.45) is 3.75. The largest absolute Gasteiger partial charge is 0.493 e. The van der Waals surface area contributed by atoms with E-state index in [1.54, 1.807) is 54.3 Å². The van der Waals surface area contributed by atoms with Crippen LogP contribution < -0.4 is 15.0 Å². The zero-order valence-electron chi connectivity index (χ0n) is 18.1. The van der Waals surface area contributed by atoms with E-state index in [2.05, 4.69) is 5.10 Å². The van der Waals surface area contributed by atoms with Crippen molar-refractivity contribution in [1.29, 1.82) is 0 Å². The molecule has 9 nitrogen and oxygen atoms in total. The maximum Gasteiger partial charge on any atom is 0.266 e. The topological polar surface area (TPSA) is 105 Å². The van der Waals surface area contributed by atoms with E-state index in [1.165, 1.54) is 11.7 Å². The van der Waals surface area contributed by atoms with Crippen molar-refractivity contribution in [2.45, 2.75) is 13.0 Å². The highest BCUT2D eigenvalue weighted by atomic mass is 35.5. The number of aromatic amines is 1. The smallest absolute Gasteiger partial charge is 0.266 e. The van der Waals surface area contributed by atoms with Gasteiger partial charge in [-0.3, -0.25) is 23.3 Å². The fraction of sp³-hybridized carbons (Fsp3) is 0.227. The third-order valence-corrected chi connectivity index (χ3v) is 5.77. The normalized spacial score (nSPS) is 12.7. The van der Waals surface area contributed by atoms with Gasteiger partial charge in [-0.05, 0) is 43.3 Å². The lowest BCUT2D eigenvalue weighted by atomic mass is 10.2. The van der Waals surface area contributed by atoms with E-state index in [1.807, 2.05) is 12.1 Å². The lowest BCUT2D eigenvalue weighted by Crippen LogP contribution is -2.21. The molecule has 0 bridgehead atoms. The monoisotopic (exact) mass is 491 g/mol. The average Bonchev–Trinajstić information content (AvgIpc) is 3.31. The predicted molar refractivity (Wildman–Crippen MR) is 125 cm³/mol. The molecule has 0 fully saturated rings. The van der Waals surface area contributed by atoms with Gasteiger partial charge in [0.1, 0.15) is 12.7 Å². The number of methoxy groups -OCH3 is 1. The van der Waals surface area contributed by atoms with Crippen LogP contribution in [-0.2, 0) is 14.3 Å². The number of fused-ring (bicyclic) bond motifs is 1. The summed E-state index contributed by atoms with van der Waals surface area (Å²) in [7, 11) is -2.10. The first-order chi connectivity index (χ1) is 15.6. The molecule has 2 aromatic rings. The standard InChI is InChI=1S/C22H22ClN3O6S/c1-14(32-33(3,28)29)13-31-20-9-8-17(10-21(20)30-2)25-12-19-18(22(25)27)11-26(24-19)16-6-4-15(23)5-7-16/h4-12,14,24H,13H2,1-3H3. The number of nitrogens with one attached hydrogen (secondary N) is 1. The van der Waals surface area contributed by atoms with E-state index in [0.717, 1.165) is 11.9 Å². The number of ether oxygens (including phenoxy) is 2. The van der Waals surface area contributed by atoms with Gasteiger partial charge < -0.3 is 9.47 Å². The van der Waals surface area contributed by atoms with E-state index in [-0.39, 0.29) is 12.2 Å². The Bertz CT molecular complexity index is 1400. The molecule has 0 saturated carbocycles. The molecule has 0 spiro atoms. The molecule has 0 aromatic heterocycles. The maximum absolute atomic E-state index is 13.0. The zero-order valence-corrected chi connectivity index (χ0v) is 19.7. The van der Waals surface area contributed by atoms with Crippen LogP contribution in [0.5, 0.6) is 11.5 Å². The van der Waals surface area contributed by atoms with Gasteiger partial charge in [0.15, 0.2) is 11.5 Å². The Morgan fingerprint density at radius 3 is 2.39 bits per heavy atom. The van der Waals surface area contributed by atoms with Crippen molar-refractivity contribution < 1.29 is 22.1 Å². The van der Waals surface area contributed by atoms with E-state index in [9.17, 15) is 13.2 Å². The van der Waals surface area contributed by atoms with Crippen LogP contribution in [0.2, 0.25) is 5.02 Å². The van der Waals surface area contributed by atoms with Crippen LogP contribution in [0.15, 0.2) is 59.7 Å². The van der Waals surface area contributed by atoms with Crippen LogP contribution in [0.4, 0.5) is 0 Å². The van der Waals surface area contributed by atoms with E-state index < -0.39 is 16.2 Å². The molecular formula is C22H22ClN3O6S. The SMILES string of the molecule is COc1cc(-n2cc3[nH]n(-c4ccc(Cl)cc4)cc-3c2=O)ccc1OCC(C)OS(C)(=O)=O. The first kappa shape index (κ1) is 23.0. The summed E-state index contributed by atoms with van der Waals surface area (Å²) in [6, 6.07) is 12.3. The summed E-state index contributed by atoms with van der Waals surface area (Å²) in [5.41, 5.74) is 2.43. The highest BCUT2D eigenvalue weighted by Crippen LogP contribution is 2.30. The highest BCUT2D eigenvalue weighted by Gasteiger charge is 2.19. The summed E-state index contributed by atoms with van der Waals surface area (Å²) in [5, 5.41) is 3.82. The van der Waals surface area contributed by atoms with Gasteiger partial charge in [-0.1, -0.05) is 11.6 Å². The Balaban J connectivity index is 1.58. The predicted octanol–water partition coefficient (Wildman–Crippen LogP) is 3.47. The lowest BCUT2D eigenvalue weighted by molar-refractivity contribution is 0.147. The molecule has 11 heteroatoms. The molecule has 2 aromatic carbocycles. The second-order valence-corrected chi connectivity index (χ2v) is 9.51. The lowest BCUT2D eigenvalue weighted by Gasteiger charge is -2.15. The van der Waals surface area contributed by atoms with Crippen molar-refractivity contribution in [1.82, 2.24) is 14.3 Å². The molecule has 2 aliphatic heterocycles. The third-order valence-electron chi connectivity index (χ3n) is 4.84. The molecule has 2 aliphatic rings. The molecule has 1 N–H and O–H groups in total. The van der Waals surface area contributed by atoms with Crippen molar-refractivity contribution in [3.63, 3.8) is 0 Å². The van der Waals surface area contributed by atoms with Crippen LogP contribution in [0.25, 0.3) is 22.6 Å². The summed E-state index contributed by atoms with van der Waals surface area (Å²) in [4.78, 5) is 13.0. The van der Waals surface area contributed by atoms with Gasteiger partial charge in [-0.15, -0.1) is 0 Å². The summed E-state index contributed by atoms with van der Waals surface area (Å²) >= 11 is 5.94. The molecule has 0 aliphatic carbocycles. The number of aromatic nitrogens is 3. The first-order valence-electron chi connectivity index (χ1n) is 9.93. The van der Waals surface area contributed by atoms with Crippen molar-refractivity contribution in [3.05, 3.63) is 70.2 Å². The number of nitrogens with zero attached hydrogens (tertiary/aromatic N) is 2. The molecule has 4 rings (SSSR count). The van der Waals surface area contributed by atoms with Gasteiger partial charge in [-0.25, -0.2) is 0 Å². The van der Waals surface area contributed by atoms with E-state index in [0.29, 0.717) is 33.5 Å². The molecule has 0 saturated heterocycles. The molecule has 0 amide bonds. The number of H-pyrrole nitrogens is 1. The zero-order chi connectivity index (χ0) is 23.8. The second-order valence-electron chi connectivity index (χ2n) is 7.48. The molecule has 1 atom stereocenters. The van der Waals surface area contributed by atoms with Crippen molar-refractivity contribution in [2.24, 2.45) is 0 Å². The number of hydrogen-bond donors (Lipinski definition) is 1. The van der Waals surface area contributed by atoms with Crippen LogP contribution in [0, 0.1) is 0 Å². The van der Waals surface area contributed by atoms with Gasteiger partial charge in [0.25, 0.3) is 15.7 Å². The minimum absolute atomic E-state index is 0.00676. The number of benzene rings is 2. The summed E-state index contributed by atoms with van der Waals surface area (Å²) in [6.45, 7) is 1.59. The number of hydrogen-bond acceptors (Lipinski definition) is 6. The Morgan fingerprint density at radius 1 is 1.06 bits per heavy atom. The van der Waals surface area contributed by atoms with E-state index in [4.69, 9.17) is 25.3 Å². The Labute approximate surface area is 195 Å². The Hall–Kier alpha value is -3.21. The quantitative estimate of drug-likeness (QED) is 0.378. The molecule has 1 unspecified atom stereocenters. The van der Waals surface area contributed by atoms with Crippen LogP contribution in [0.3, 0.4) is 0 Å². The summed E-state index contributed by atoms with van der Waals surface area (Å²) < 4.78 is 41.6. The molecule has 0 radical (unpaired) electrons. The highest BCUT2D eigenvalue weighted by molar-refractivity contribution is 7.86. The van der Waals surface area contributed by atoms with Crippen molar-refractivity contribution in [3.8, 4) is 34.1 Å². The molecule has 2 heterocycles. The first-order valence-corrected chi connectivity index (χ1v) is 12.1. The van der Waals surface area contributed by atoms with Crippen LogP contribution >= 0.6 is 11.6 Å². The molecular weight excluding hydrogens is 470 g/mol. The average molecular weight is 492 g/mol. The van der Waals surface area contributed by atoms with Gasteiger partial charge in [0.2, 0.25) is 0 Å². The molecule has 174 valence electrons. The minimum atomic E-state index is -3.58. The maximum atomic E-state index is 13.0. The van der Waals surface area contributed by atoms with Crippen LogP contribution in [-0.4, -0.2) is 48.8 Å². The fourth-order valence-corrected chi connectivity index (χ4v) is 4.18. The molecule has 33 heavy (non-hydrogen) atoms. The van der Waals surface area contributed by atoms with Gasteiger partial charge in [0, 0.05) is 23.5 Å². The Morgan fingerprint density at radius 2 is 1.76 bits per heavy atom. The second kappa shape index (κ2) is 8.97. The van der Waals surface area contributed by atoms with Crippen molar-refractivity contribution >= 4 is 21.7 Å². The van der Waals surface area contributed by atoms with Gasteiger partial charge >= 0.3 is 0 Å². The number of rotatable bonds is 8. The van der Waals surface area contributed by atoms with Crippen molar-refractivity contribution in [2.75, 3.05) is 20.0 Å². The van der Waals surface area contributed by atoms with Crippen LogP contribution in [0.1, 0.15) is 6.92 Å². The Kier molecular flexibility index (Phi) is 6.24. The van der Waals surface area contributed by atoms with E-state index >= 15 is 0 Å². The number of halogens is 1. The third kappa shape index (κ3) is 5.08. The fourth-order valence-electron chi connectivity index (χ4n) is 3.40. The van der Waals surface area contributed by atoms with Gasteiger partial charge in [0.05, 0.1) is 36.0 Å². The van der Waals surface area contributed by atoms with Gasteiger partial charge in [-0.2, -0.15) is 8.42 Å². The minimum Gasteiger partial charge on any atom is -0.493 e.